The van der Waals surface area contributed by atoms with Crippen LogP contribution in [0.5, 0.6) is 0 Å². The van der Waals surface area contributed by atoms with Crippen LogP contribution in [0, 0.1) is 40.4 Å². The summed E-state index contributed by atoms with van der Waals surface area (Å²) in [5, 5.41) is 21.7. The second-order valence-electron chi connectivity index (χ2n) is 16.7. The molecule has 2 unspecified atom stereocenters. The maximum absolute atomic E-state index is 14.3. The molecule has 4 fully saturated rings. The molecule has 1 aliphatic heterocycles. The number of hydrogen-bond donors (Lipinski definition) is 5. The monoisotopic (exact) mass is 794 g/mol. The summed E-state index contributed by atoms with van der Waals surface area (Å²) in [5.74, 6) is 3.45. The second kappa shape index (κ2) is 18.3. The number of carbonyl (C=O) groups is 6. The van der Waals surface area contributed by atoms with Crippen LogP contribution < -0.4 is 21.3 Å². The highest BCUT2D eigenvalue weighted by Crippen LogP contribution is 2.69. The predicted molar refractivity (Wildman–Crippen MR) is 204 cm³/mol. The number of carbonyl (C=O) groups excluding carboxylic acids is 6. The molecular weight excluding hydrogens is 736 g/mol. The zero-order chi connectivity index (χ0) is 40.8. The number of ketones is 2. The molecule has 15 heteroatoms. The normalized spacial score (nSPS) is 35.1. The Morgan fingerprint density at radius 2 is 1.67 bits per heavy atom. The number of aliphatic hydroxyl groups excluding tert-OH is 1. The Balaban J connectivity index is 0.938. The Morgan fingerprint density at radius 1 is 0.947 bits per heavy atom. The van der Waals surface area contributed by atoms with Crippen LogP contribution >= 0.6 is 0 Å². The summed E-state index contributed by atoms with van der Waals surface area (Å²) < 4.78 is 24.3. The van der Waals surface area contributed by atoms with Crippen molar-refractivity contribution in [2.24, 2.45) is 28.6 Å². The summed E-state index contributed by atoms with van der Waals surface area (Å²) in [6.07, 6.45) is 11.7. The van der Waals surface area contributed by atoms with E-state index in [2.05, 4.69) is 40.0 Å². The van der Waals surface area contributed by atoms with Gasteiger partial charge in [0.2, 0.25) is 23.6 Å². The third-order valence-electron chi connectivity index (χ3n) is 13.1. The van der Waals surface area contributed by atoms with Gasteiger partial charge in [-0.1, -0.05) is 51.2 Å². The zero-order valence-corrected chi connectivity index (χ0v) is 33.3. The minimum absolute atomic E-state index is 0.0226. The van der Waals surface area contributed by atoms with Crippen molar-refractivity contribution >= 4 is 35.2 Å². The molecule has 1 saturated heterocycles. The van der Waals surface area contributed by atoms with E-state index in [1.54, 1.807) is 12.2 Å². The predicted octanol–water partition coefficient (Wildman–Crippen LogP) is 1.52. The summed E-state index contributed by atoms with van der Waals surface area (Å²) >= 11 is 0. The van der Waals surface area contributed by atoms with Crippen LogP contribution in [-0.2, 0) is 47.7 Å². The van der Waals surface area contributed by atoms with Crippen molar-refractivity contribution in [3.05, 3.63) is 23.8 Å². The largest absolute Gasteiger partial charge is 0.393 e. The Hall–Kier alpha value is -3.94. The van der Waals surface area contributed by atoms with Gasteiger partial charge in [-0.2, -0.15) is 0 Å². The van der Waals surface area contributed by atoms with E-state index in [1.165, 1.54) is 0 Å². The molecule has 4 amide bonds. The molecule has 6 rings (SSSR count). The second-order valence-corrected chi connectivity index (χ2v) is 16.7. The van der Waals surface area contributed by atoms with E-state index in [4.69, 9.17) is 18.9 Å². The highest BCUT2D eigenvalue weighted by molar-refractivity contribution is 6.01. The van der Waals surface area contributed by atoms with E-state index in [1.807, 2.05) is 19.9 Å². The van der Waals surface area contributed by atoms with Crippen LogP contribution in [0.2, 0.25) is 0 Å². The van der Waals surface area contributed by atoms with Crippen LogP contribution in [0.4, 0.5) is 0 Å². The van der Waals surface area contributed by atoms with Gasteiger partial charge in [-0.3, -0.25) is 28.8 Å². The number of ether oxygens (including phenoxy) is 4. The molecule has 0 bridgehead atoms. The molecule has 0 spiro atoms. The number of nitrogens with one attached hydrogen (secondary N) is 4. The molecule has 10 atom stereocenters. The van der Waals surface area contributed by atoms with Crippen molar-refractivity contribution in [3.63, 3.8) is 0 Å². The molecule has 0 aromatic carbocycles. The minimum Gasteiger partial charge on any atom is -0.393 e. The van der Waals surface area contributed by atoms with Gasteiger partial charge in [0.25, 0.3) is 0 Å². The van der Waals surface area contributed by atoms with Crippen LogP contribution in [0.1, 0.15) is 91.4 Å². The Kier molecular flexibility index (Phi) is 13.7. The number of fused-ring (bicyclic) bond motifs is 7. The lowest BCUT2D eigenvalue weighted by atomic mass is 9.46. The van der Waals surface area contributed by atoms with Gasteiger partial charge >= 0.3 is 0 Å². The lowest BCUT2D eigenvalue weighted by Gasteiger charge is -2.59. The van der Waals surface area contributed by atoms with Crippen molar-refractivity contribution in [2.45, 2.75) is 122 Å². The molecule has 0 aromatic heterocycles. The van der Waals surface area contributed by atoms with Crippen LogP contribution in [0.15, 0.2) is 23.8 Å². The van der Waals surface area contributed by atoms with E-state index in [0.717, 1.165) is 56.9 Å². The molecular formula is C42H58N4O11. The molecule has 0 aromatic rings. The number of hydrogen-bond acceptors (Lipinski definition) is 11. The number of aliphatic hydroxyl groups is 1. The van der Waals surface area contributed by atoms with Gasteiger partial charge < -0.3 is 45.3 Å². The molecule has 5 aliphatic carbocycles. The smallest absolute Gasteiger partial charge is 0.246 e. The van der Waals surface area contributed by atoms with E-state index >= 15 is 0 Å². The molecule has 6 aliphatic rings. The highest BCUT2D eigenvalue weighted by atomic mass is 16.7. The van der Waals surface area contributed by atoms with Crippen LogP contribution in [-0.4, -0.2) is 110 Å². The van der Waals surface area contributed by atoms with Crippen molar-refractivity contribution in [1.82, 2.24) is 21.3 Å². The molecule has 15 nitrogen and oxygen atoms in total. The highest BCUT2D eigenvalue weighted by Gasteiger charge is 2.75. The first-order valence-electron chi connectivity index (χ1n) is 20.5. The molecule has 57 heavy (non-hydrogen) atoms. The van der Waals surface area contributed by atoms with Gasteiger partial charge in [-0.15, -0.1) is 5.92 Å². The Bertz CT molecular complexity index is 1700. The van der Waals surface area contributed by atoms with Crippen LogP contribution in [0.25, 0.3) is 0 Å². The number of rotatable bonds is 16. The van der Waals surface area contributed by atoms with Gasteiger partial charge in [-0.25, -0.2) is 0 Å². The van der Waals surface area contributed by atoms with Gasteiger partial charge in [0.05, 0.1) is 31.8 Å². The first-order chi connectivity index (χ1) is 27.3. The van der Waals surface area contributed by atoms with Crippen molar-refractivity contribution in [2.75, 3.05) is 39.6 Å². The van der Waals surface area contributed by atoms with E-state index < -0.39 is 71.6 Å². The maximum Gasteiger partial charge on any atom is 0.246 e. The maximum atomic E-state index is 14.3. The fourth-order valence-corrected chi connectivity index (χ4v) is 10.4. The molecule has 312 valence electrons. The Morgan fingerprint density at radius 3 is 2.40 bits per heavy atom. The van der Waals surface area contributed by atoms with E-state index in [9.17, 15) is 33.9 Å². The van der Waals surface area contributed by atoms with Crippen LogP contribution in [0.3, 0.4) is 0 Å². The van der Waals surface area contributed by atoms with Crippen molar-refractivity contribution < 1.29 is 52.8 Å². The molecule has 0 radical (unpaired) electrons. The van der Waals surface area contributed by atoms with Gasteiger partial charge in [-0.05, 0) is 75.4 Å². The summed E-state index contributed by atoms with van der Waals surface area (Å²) in [5.41, 5.74) is -1.50. The van der Waals surface area contributed by atoms with Gasteiger partial charge in [0, 0.05) is 23.2 Å². The summed E-state index contributed by atoms with van der Waals surface area (Å²) in [4.78, 5) is 75.5. The SMILES string of the molecule is CCCC1O[C@@H]2C[C@H]3[C@@H]4CCC5=CC(=O)C=C[C@]5(C)[C@H]4[C@@H](O)C[C@]3(C)[C@]2(C(=O)COCNC(=O)CNC(=O)CNC(=O)CNC(=O)COC2C#CCCCCC2)O1. The standard InChI is InChI=1S/C42H58N4O11/c1-4-10-38-56-33-18-30-29-14-13-26-17-27(47)15-16-40(26,2)39(29)31(48)19-41(30,3)42(33,57-38)32(49)23-54-25-46-36(52)22-44-34(50)20-43-35(51)21-45-37(53)24-55-28-11-8-6-5-7-9-12-28/h15-17,28-31,33,38-39,48H,4-8,10-11,13-14,18-25H2,1-3H3,(H,43,51)(H,44,50)(H,45,53)(H,46,52)/t28?,29-,30-,31-,33+,38?,39+,40-,41-,42+/m0/s1. The third kappa shape index (κ3) is 9.05. The minimum atomic E-state index is -1.35. The molecule has 5 N–H and O–H groups in total. The zero-order valence-electron chi connectivity index (χ0n) is 33.3. The first-order valence-corrected chi connectivity index (χ1v) is 20.5. The van der Waals surface area contributed by atoms with Crippen molar-refractivity contribution in [1.29, 1.82) is 0 Å². The average molecular weight is 795 g/mol. The average Bonchev–Trinajstić information content (AvgIpc) is 3.65. The first kappa shape index (κ1) is 42.7. The lowest BCUT2D eigenvalue weighted by molar-refractivity contribution is -0.201. The van der Waals surface area contributed by atoms with Gasteiger partial charge in [0.15, 0.2) is 23.5 Å². The molecule has 3 saturated carbocycles. The summed E-state index contributed by atoms with van der Waals surface area (Å²) in [7, 11) is 0. The number of allylic oxidation sites excluding steroid dienone is 4. The summed E-state index contributed by atoms with van der Waals surface area (Å²) in [6, 6.07) is 0. The number of amides is 4. The van der Waals surface area contributed by atoms with Gasteiger partial charge in [0.1, 0.15) is 26.0 Å². The summed E-state index contributed by atoms with van der Waals surface area (Å²) in [6.45, 7) is 4.11. The molecule has 1 heterocycles. The fourth-order valence-electron chi connectivity index (χ4n) is 10.4. The quantitative estimate of drug-likeness (QED) is 0.0860. The van der Waals surface area contributed by atoms with Crippen molar-refractivity contribution in [3.8, 4) is 11.8 Å². The third-order valence-corrected chi connectivity index (χ3v) is 13.1. The lowest BCUT2D eigenvalue weighted by Crippen LogP contribution is -2.63. The van der Waals surface area contributed by atoms with E-state index in [-0.39, 0.29) is 61.9 Å². The fraction of sp³-hybridized carbons (Fsp3) is 0.714. The van der Waals surface area contributed by atoms with E-state index in [0.29, 0.717) is 19.3 Å². The topological polar surface area (TPSA) is 208 Å². The number of Topliss-reactive ketones (excluding diaryl/α,β-unsaturated/α-hetero) is 1. The Labute approximate surface area is 334 Å².